The van der Waals surface area contributed by atoms with E-state index in [2.05, 4.69) is 46.4 Å². The Hall–Kier alpha value is -2.42. The lowest BCUT2D eigenvalue weighted by atomic mass is 10.1. The first kappa shape index (κ1) is 11.7. The number of aromatic nitrogens is 3. The molecule has 94 valence electrons. The highest BCUT2D eigenvalue weighted by atomic mass is 15.1. The van der Waals surface area contributed by atoms with Gasteiger partial charge in [0.25, 0.3) is 0 Å². The van der Waals surface area contributed by atoms with Gasteiger partial charge >= 0.3 is 0 Å². The summed E-state index contributed by atoms with van der Waals surface area (Å²) in [6.07, 6.45) is 4.73. The average Bonchev–Trinajstić information content (AvgIpc) is 2.98. The first-order valence-electron chi connectivity index (χ1n) is 6.42. The number of nitrogens with one attached hydrogen (secondary N) is 1. The topological polar surface area (TPSA) is 41.6 Å². The van der Waals surface area contributed by atoms with Crippen molar-refractivity contribution in [3.05, 3.63) is 60.4 Å². The van der Waals surface area contributed by atoms with E-state index in [1.165, 1.54) is 5.56 Å². The number of aryl methyl sites for hydroxylation is 1. The van der Waals surface area contributed by atoms with Crippen LogP contribution in [0, 0.1) is 0 Å². The Bertz CT molecular complexity index is 671. The van der Waals surface area contributed by atoms with Crippen molar-refractivity contribution in [3.8, 4) is 22.5 Å². The van der Waals surface area contributed by atoms with E-state index in [0.717, 1.165) is 28.9 Å². The molecule has 0 aliphatic carbocycles. The molecule has 3 aromatic rings. The summed E-state index contributed by atoms with van der Waals surface area (Å²) in [6.45, 7) is 2.13. The summed E-state index contributed by atoms with van der Waals surface area (Å²) in [5, 5.41) is 7.45. The van der Waals surface area contributed by atoms with Crippen LogP contribution < -0.4 is 0 Å². The number of hydrogen-bond donors (Lipinski definition) is 1. The van der Waals surface area contributed by atoms with Gasteiger partial charge in [0.15, 0.2) is 0 Å². The van der Waals surface area contributed by atoms with Gasteiger partial charge in [0, 0.05) is 18.0 Å². The summed E-state index contributed by atoms with van der Waals surface area (Å²) >= 11 is 0. The molecule has 3 rings (SSSR count). The fourth-order valence-corrected chi connectivity index (χ4v) is 2.06. The van der Waals surface area contributed by atoms with Gasteiger partial charge in [-0.2, -0.15) is 5.10 Å². The number of rotatable bonds is 3. The van der Waals surface area contributed by atoms with Crippen LogP contribution in [0.1, 0.15) is 12.5 Å². The highest BCUT2D eigenvalue weighted by molar-refractivity contribution is 5.67. The van der Waals surface area contributed by atoms with Crippen LogP contribution in [0.4, 0.5) is 0 Å². The first-order valence-corrected chi connectivity index (χ1v) is 6.42. The van der Waals surface area contributed by atoms with Crippen LogP contribution in [0.2, 0.25) is 0 Å². The Morgan fingerprint density at radius 2 is 1.84 bits per heavy atom. The second kappa shape index (κ2) is 5.06. The highest BCUT2D eigenvalue weighted by Gasteiger charge is 2.06. The van der Waals surface area contributed by atoms with Gasteiger partial charge in [-0.3, -0.25) is 10.1 Å². The molecule has 2 aromatic heterocycles. The van der Waals surface area contributed by atoms with Crippen LogP contribution >= 0.6 is 0 Å². The summed E-state index contributed by atoms with van der Waals surface area (Å²) < 4.78 is 0. The van der Waals surface area contributed by atoms with E-state index in [4.69, 9.17) is 0 Å². The van der Waals surface area contributed by atoms with E-state index in [1.807, 2.05) is 30.6 Å². The van der Waals surface area contributed by atoms with Gasteiger partial charge in [0.2, 0.25) is 0 Å². The van der Waals surface area contributed by atoms with Crippen LogP contribution in [0.15, 0.2) is 54.9 Å². The van der Waals surface area contributed by atoms with Gasteiger partial charge in [-0.1, -0.05) is 37.3 Å². The quantitative estimate of drug-likeness (QED) is 0.769. The van der Waals surface area contributed by atoms with Gasteiger partial charge in [0.1, 0.15) is 0 Å². The third-order valence-corrected chi connectivity index (χ3v) is 3.16. The molecule has 2 heterocycles. The SMILES string of the molecule is CCc1cncc(-c2cc(-c3ccccc3)[nH]n2)c1. The zero-order valence-electron chi connectivity index (χ0n) is 10.8. The molecule has 0 fully saturated rings. The van der Waals surface area contributed by atoms with E-state index in [-0.39, 0.29) is 0 Å². The molecule has 0 amide bonds. The summed E-state index contributed by atoms with van der Waals surface area (Å²) in [6, 6.07) is 14.4. The molecule has 19 heavy (non-hydrogen) atoms. The van der Waals surface area contributed by atoms with E-state index < -0.39 is 0 Å². The minimum Gasteiger partial charge on any atom is -0.277 e. The molecule has 0 radical (unpaired) electrons. The Kier molecular flexibility index (Phi) is 3.11. The van der Waals surface area contributed by atoms with Crippen molar-refractivity contribution < 1.29 is 0 Å². The molecule has 0 saturated carbocycles. The molecule has 0 aliphatic heterocycles. The molecular weight excluding hydrogens is 234 g/mol. The van der Waals surface area contributed by atoms with Crippen molar-refractivity contribution in [1.29, 1.82) is 0 Å². The van der Waals surface area contributed by atoms with Crippen molar-refractivity contribution >= 4 is 0 Å². The number of pyridine rings is 1. The molecule has 3 nitrogen and oxygen atoms in total. The maximum Gasteiger partial charge on any atom is 0.0942 e. The molecule has 3 heteroatoms. The van der Waals surface area contributed by atoms with E-state index in [0.29, 0.717) is 0 Å². The van der Waals surface area contributed by atoms with Crippen molar-refractivity contribution in [2.45, 2.75) is 13.3 Å². The van der Waals surface area contributed by atoms with Crippen molar-refractivity contribution in [2.24, 2.45) is 0 Å². The smallest absolute Gasteiger partial charge is 0.0942 e. The summed E-state index contributed by atoms with van der Waals surface area (Å²) in [5.74, 6) is 0. The Labute approximate surface area is 112 Å². The maximum absolute atomic E-state index is 4.37. The number of benzene rings is 1. The number of hydrogen-bond acceptors (Lipinski definition) is 2. The molecule has 0 atom stereocenters. The maximum atomic E-state index is 4.37. The van der Waals surface area contributed by atoms with Crippen LogP contribution in [-0.2, 0) is 6.42 Å². The molecule has 0 bridgehead atoms. The molecule has 1 aromatic carbocycles. The molecule has 0 aliphatic rings. The lowest BCUT2D eigenvalue weighted by molar-refractivity contribution is 1.08. The zero-order valence-corrected chi connectivity index (χ0v) is 10.8. The van der Waals surface area contributed by atoms with Crippen LogP contribution in [0.3, 0.4) is 0 Å². The Morgan fingerprint density at radius 1 is 1.00 bits per heavy atom. The molecule has 0 saturated heterocycles. The molecule has 1 N–H and O–H groups in total. The van der Waals surface area contributed by atoms with Gasteiger partial charge < -0.3 is 0 Å². The minimum absolute atomic E-state index is 0.932. The third-order valence-electron chi connectivity index (χ3n) is 3.16. The fourth-order valence-electron chi connectivity index (χ4n) is 2.06. The van der Waals surface area contributed by atoms with Crippen molar-refractivity contribution in [1.82, 2.24) is 15.2 Å². The van der Waals surface area contributed by atoms with E-state index in [1.54, 1.807) is 0 Å². The van der Waals surface area contributed by atoms with Crippen LogP contribution in [0.5, 0.6) is 0 Å². The largest absolute Gasteiger partial charge is 0.277 e. The summed E-state index contributed by atoms with van der Waals surface area (Å²) in [5.41, 5.74) is 5.37. The Balaban J connectivity index is 1.97. The lowest BCUT2D eigenvalue weighted by Gasteiger charge is -1.98. The van der Waals surface area contributed by atoms with Gasteiger partial charge in [-0.25, -0.2) is 0 Å². The molecule has 0 spiro atoms. The van der Waals surface area contributed by atoms with Gasteiger partial charge in [-0.05, 0) is 29.7 Å². The van der Waals surface area contributed by atoms with Crippen LogP contribution in [-0.4, -0.2) is 15.2 Å². The summed E-state index contributed by atoms with van der Waals surface area (Å²) in [7, 11) is 0. The number of H-pyrrole nitrogens is 1. The standard InChI is InChI=1S/C16H15N3/c1-2-12-8-14(11-17-10-12)16-9-15(18-19-16)13-6-4-3-5-7-13/h3-11H,2H2,1H3,(H,18,19). The normalized spacial score (nSPS) is 10.6. The molecular formula is C16H15N3. The van der Waals surface area contributed by atoms with E-state index >= 15 is 0 Å². The predicted molar refractivity (Wildman–Crippen MR) is 76.6 cm³/mol. The number of nitrogens with zero attached hydrogens (tertiary/aromatic N) is 2. The van der Waals surface area contributed by atoms with E-state index in [9.17, 15) is 0 Å². The minimum atomic E-state index is 0.932. The van der Waals surface area contributed by atoms with Crippen LogP contribution in [0.25, 0.3) is 22.5 Å². The first-order chi connectivity index (χ1) is 9.36. The van der Waals surface area contributed by atoms with Crippen molar-refractivity contribution in [2.75, 3.05) is 0 Å². The lowest BCUT2D eigenvalue weighted by Crippen LogP contribution is -1.85. The van der Waals surface area contributed by atoms with Gasteiger partial charge in [-0.15, -0.1) is 0 Å². The monoisotopic (exact) mass is 249 g/mol. The molecule has 0 unspecified atom stereocenters. The third kappa shape index (κ3) is 2.40. The highest BCUT2D eigenvalue weighted by Crippen LogP contribution is 2.23. The summed E-state index contributed by atoms with van der Waals surface area (Å²) in [4.78, 5) is 4.26. The Morgan fingerprint density at radius 3 is 2.63 bits per heavy atom. The second-order valence-electron chi connectivity index (χ2n) is 4.47. The second-order valence-corrected chi connectivity index (χ2v) is 4.47. The zero-order chi connectivity index (χ0) is 13.1. The number of aromatic amines is 1. The fraction of sp³-hybridized carbons (Fsp3) is 0.125. The van der Waals surface area contributed by atoms with Crippen molar-refractivity contribution in [3.63, 3.8) is 0 Å². The predicted octanol–water partition coefficient (Wildman–Crippen LogP) is 3.70. The average molecular weight is 249 g/mol. The van der Waals surface area contributed by atoms with Gasteiger partial charge in [0.05, 0.1) is 11.4 Å².